The van der Waals surface area contributed by atoms with E-state index in [4.69, 9.17) is 0 Å². The molecule has 0 saturated carbocycles. The van der Waals surface area contributed by atoms with Gasteiger partial charge in [-0.15, -0.1) is 0 Å². The number of fused-ring (bicyclic) bond motifs is 2. The van der Waals surface area contributed by atoms with Crippen LogP contribution in [0.4, 0.5) is 5.69 Å². The van der Waals surface area contributed by atoms with Crippen LogP contribution in [-0.2, 0) is 10.0 Å². The Morgan fingerprint density at radius 1 is 0.870 bits per heavy atom. The van der Waals surface area contributed by atoms with Crippen LogP contribution in [0.1, 0.15) is 0 Å². The molecule has 0 fully saturated rings. The summed E-state index contributed by atoms with van der Waals surface area (Å²) in [6.07, 6.45) is 0. The number of benzene rings is 3. The van der Waals surface area contributed by atoms with Gasteiger partial charge in [-0.25, -0.2) is 8.42 Å². The molecule has 0 radical (unpaired) electrons. The summed E-state index contributed by atoms with van der Waals surface area (Å²) in [5.74, 6) is 0. The first-order valence-corrected chi connectivity index (χ1v) is 9.08. The van der Waals surface area contributed by atoms with Crippen LogP contribution < -0.4 is 4.72 Å². The predicted octanol–water partition coefficient (Wildman–Crippen LogP) is 3.65. The van der Waals surface area contributed by atoms with E-state index < -0.39 is 10.0 Å². The van der Waals surface area contributed by atoms with Crippen LogP contribution >= 0.6 is 11.7 Å². The van der Waals surface area contributed by atoms with Gasteiger partial charge in [-0.2, -0.15) is 8.75 Å². The molecular formula is C16H11N3O2S2. The van der Waals surface area contributed by atoms with Gasteiger partial charge in [-0.3, -0.25) is 4.72 Å². The van der Waals surface area contributed by atoms with Crippen LogP contribution in [0.3, 0.4) is 0 Å². The molecule has 0 bridgehead atoms. The topological polar surface area (TPSA) is 72.0 Å². The van der Waals surface area contributed by atoms with Gasteiger partial charge in [0.1, 0.15) is 15.9 Å². The van der Waals surface area contributed by atoms with Gasteiger partial charge in [0.25, 0.3) is 10.0 Å². The minimum Gasteiger partial charge on any atom is -0.280 e. The van der Waals surface area contributed by atoms with Crippen molar-refractivity contribution < 1.29 is 8.42 Å². The Morgan fingerprint density at radius 3 is 2.57 bits per heavy atom. The van der Waals surface area contributed by atoms with E-state index in [0.717, 1.165) is 22.5 Å². The quantitative estimate of drug-likeness (QED) is 0.617. The third-order valence-electron chi connectivity index (χ3n) is 3.54. The first kappa shape index (κ1) is 14.1. The van der Waals surface area contributed by atoms with Gasteiger partial charge in [0.2, 0.25) is 0 Å². The second-order valence-electron chi connectivity index (χ2n) is 5.06. The zero-order valence-corrected chi connectivity index (χ0v) is 13.4. The molecule has 0 spiro atoms. The molecule has 0 aliphatic rings. The zero-order valence-electron chi connectivity index (χ0n) is 11.8. The first-order chi connectivity index (χ1) is 11.1. The van der Waals surface area contributed by atoms with E-state index in [1.54, 1.807) is 18.2 Å². The van der Waals surface area contributed by atoms with Crippen LogP contribution in [0.15, 0.2) is 65.6 Å². The van der Waals surface area contributed by atoms with Crippen LogP contribution in [0.5, 0.6) is 0 Å². The maximum absolute atomic E-state index is 12.7. The summed E-state index contributed by atoms with van der Waals surface area (Å²) in [5.41, 5.74) is 1.49. The standard InChI is InChI=1S/C16H11N3O2S2/c20-23(21,15-7-3-6-14-16(15)18-22-17-14)19-13-9-8-11-4-1-2-5-12(11)10-13/h1-10,19H. The molecule has 114 valence electrons. The Labute approximate surface area is 137 Å². The highest BCUT2D eigenvalue weighted by atomic mass is 32.2. The van der Waals surface area contributed by atoms with E-state index in [-0.39, 0.29) is 4.90 Å². The van der Waals surface area contributed by atoms with Crippen molar-refractivity contribution in [1.29, 1.82) is 0 Å². The summed E-state index contributed by atoms with van der Waals surface area (Å²) >= 11 is 0.999. The summed E-state index contributed by atoms with van der Waals surface area (Å²) < 4.78 is 36.1. The molecule has 0 atom stereocenters. The van der Waals surface area contributed by atoms with Crippen molar-refractivity contribution in [1.82, 2.24) is 8.75 Å². The van der Waals surface area contributed by atoms with Gasteiger partial charge in [0, 0.05) is 5.69 Å². The van der Waals surface area contributed by atoms with Crippen LogP contribution in [0.25, 0.3) is 21.8 Å². The fourth-order valence-electron chi connectivity index (χ4n) is 2.46. The third kappa shape index (κ3) is 2.54. The molecule has 5 nitrogen and oxygen atoms in total. The second kappa shape index (κ2) is 5.29. The number of aromatic nitrogens is 2. The number of nitrogens with one attached hydrogen (secondary N) is 1. The van der Waals surface area contributed by atoms with Gasteiger partial charge >= 0.3 is 0 Å². The largest absolute Gasteiger partial charge is 0.280 e. The normalized spacial score (nSPS) is 11.8. The molecule has 0 aliphatic carbocycles. The van der Waals surface area contributed by atoms with E-state index >= 15 is 0 Å². The lowest BCUT2D eigenvalue weighted by Gasteiger charge is -2.09. The SMILES string of the molecule is O=S(=O)(Nc1ccc2ccccc2c1)c1cccc2nsnc12. The lowest BCUT2D eigenvalue weighted by molar-refractivity contribution is 0.602. The summed E-state index contributed by atoms with van der Waals surface area (Å²) in [6, 6.07) is 18.2. The second-order valence-corrected chi connectivity index (χ2v) is 7.23. The molecule has 1 aromatic heterocycles. The van der Waals surface area contributed by atoms with Crippen LogP contribution in [0, 0.1) is 0 Å². The lowest BCUT2D eigenvalue weighted by atomic mass is 10.1. The van der Waals surface area contributed by atoms with E-state index in [1.165, 1.54) is 6.07 Å². The summed E-state index contributed by atoms with van der Waals surface area (Å²) in [5, 5.41) is 2.03. The average molecular weight is 341 g/mol. The number of hydrogen-bond acceptors (Lipinski definition) is 5. The molecule has 4 aromatic rings. The molecular weight excluding hydrogens is 330 g/mol. The fraction of sp³-hybridized carbons (Fsp3) is 0. The van der Waals surface area contributed by atoms with Crippen LogP contribution in [0.2, 0.25) is 0 Å². The monoisotopic (exact) mass is 341 g/mol. The smallest absolute Gasteiger partial charge is 0.264 e. The maximum atomic E-state index is 12.7. The Balaban J connectivity index is 1.78. The Kier molecular flexibility index (Phi) is 3.24. The molecule has 1 heterocycles. The van der Waals surface area contributed by atoms with Crippen molar-refractivity contribution in [3.05, 3.63) is 60.7 Å². The van der Waals surface area contributed by atoms with Crippen molar-refractivity contribution >= 4 is 49.2 Å². The van der Waals surface area contributed by atoms with Gasteiger partial charge in [0.05, 0.1) is 11.7 Å². The van der Waals surface area contributed by atoms with Gasteiger partial charge in [-0.05, 0) is 35.0 Å². The fourth-order valence-corrected chi connectivity index (χ4v) is 4.28. The highest BCUT2D eigenvalue weighted by Gasteiger charge is 2.19. The van der Waals surface area contributed by atoms with Crippen LogP contribution in [-0.4, -0.2) is 17.2 Å². The van der Waals surface area contributed by atoms with Gasteiger partial charge in [0.15, 0.2) is 0 Å². The van der Waals surface area contributed by atoms with Crippen molar-refractivity contribution in [2.75, 3.05) is 4.72 Å². The maximum Gasteiger partial charge on any atom is 0.264 e. The number of rotatable bonds is 3. The summed E-state index contributed by atoms with van der Waals surface area (Å²) in [7, 11) is -3.72. The molecule has 0 aliphatic heterocycles. The Hall–Kier alpha value is -2.51. The number of nitrogens with zero attached hydrogens (tertiary/aromatic N) is 2. The van der Waals surface area contributed by atoms with Crippen molar-refractivity contribution in [2.24, 2.45) is 0 Å². The van der Waals surface area contributed by atoms with E-state index in [1.807, 2.05) is 36.4 Å². The van der Waals surface area contributed by atoms with Crippen molar-refractivity contribution in [2.45, 2.75) is 4.90 Å². The van der Waals surface area contributed by atoms with Gasteiger partial charge in [-0.1, -0.05) is 36.4 Å². The molecule has 3 aromatic carbocycles. The van der Waals surface area contributed by atoms with E-state index in [0.29, 0.717) is 16.7 Å². The molecule has 1 N–H and O–H groups in total. The highest BCUT2D eigenvalue weighted by molar-refractivity contribution is 7.93. The summed E-state index contributed by atoms with van der Waals surface area (Å²) in [6.45, 7) is 0. The molecule has 23 heavy (non-hydrogen) atoms. The highest BCUT2D eigenvalue weighted by Crippen LogP contribution is 2.25. The van der Waals surface area contributed by atoms with Crippen molar-refractivity contribution in [3.63, 3.8) is 0 Å². The third-order valence-corrected chi connectivity index (χ3v) is 5.50. The zero-order chi connectivity index (χ0) is 15.9. The van der Waals surface area contributed by atoms with Crippen molar-refractivity contribution in [3.8, 4) is 0 Å². The molecule has 4 rings (SSSR count). The number of sulfonamides is 1. The van der Waals surface area contributed by atoms with Gasteiger partial charge < -0.3 is 0 Å². The Bertz CT molecular complexity index is 1120. The number of anilines is 1. The molecule has 0 amide bonds. The first-order valence-electron chi connectivity index (χ1n) is 6.86. The summed E-state index contributed by atoms with van der Waals surface area (Å²) in [4.78, 5) is 0.136. The molecule has 0 saturated heterocycles. The Morgan fingerprint density at radius 2 is 1.70 bits per heavy atom. The van der Waals surface area contributed by atoms with E-state index in [2.05, 4.69) is 13.5 Å². The average Bonchev–Trinajstić information content (AvgIpc) is 3.02. The minimum absolute atomic E-state index is 0.136. The lowest BCUT2D eigenvalue weighted by Crippen LogP contribution is -2.13. The molecule has 7 heteroatoms. The number of hydrogen-bond donors (Lipinski definition) is 1. The molecule has 0 unspecified atom stereocenters. The van der Waals surface area contributed by atoms with E-state index in [9.17, 15) is 8.42 Å². The minimum atomic E-state index is -3.72. The predicted molar refractivity (Wildman–Crippen MR) is 92.2 cm³/mol.